The molecule has 0 aliphatic carbocycles. The van der Waals surface area contributed by atoms with E-state index in [1.54, 1.807) is 49.4 Å². The third-order valence-corrected chi connectivity index (χ3v) is 6.73. The van der Waals surface area contributed by atoms with Gasteiger partial charge in [-0.1, -0.05) is 23.7 Å². The van der Waals surface area contributed by atoms with E-state index in [-0.39, 0.29) is 19.6 Å². The number of nitrogens with one attached hydrogen (secondary N) is 1. The zero-order chi connectivity index (χ0) is 29.7. The molecule has 8 nitrogen and oxygen atoms in total. The quantitative estimate of drug-likeness (QED) is 0.244. The van der Waals surface area contributed by atoms with Gasteiger partial charge in [0.25, 0.3) is 5.91 Å². The van der Waals surface area contributed by atoms with Gasteiger partial charge in [-0.2, -0.15) is 0 Å². The molecule has 3 aromatic carbocycles. The summed E-state index contributed by atoms with van der Waals surface area (Å²) in [6.07, 6.45) is -4.15. The first-order valence-corrected chi connectivity index (χ1v) is 13.1. The SMILES string of the molecule is COc1cc(NC(C(=O)N2CCc3c(C)cc(OC(F)(F)F)cc32)c2ccc(Cl)cc2)cc(OCCCC(=O)O)c1. The van der Waals surface area contributed by atoms with Crippen LogP contribution in [0.25, 0.3) is 0 Å². The maximum Gasteiger partial charge on any atom is 0.573 e. The second-order valence-corrected chi connectivity index (χ2v) is 9.83. The van der Waals surface area contributed by atoms with Gasteiger partial charge in [-0.25, -0.2) is 0 Å². The lowest BCUT2D eigenvalue weighted by Gasteiger charge is -2.27. The van der Waals surface area contributed by atoms with Crippen molar-refractivity contribution < 1.29 is 42.1 Å². The van der Waals surface area contributed by atoms with Gasteiger partial charge >= 0.3 is 12.3 Å². The monoisotopic (exact) mass is 592 g/mol. The molecule has 0 spiro atoms. The number of halogens is 4. The van der Waals surface area contributed by atoms with Crippen molar-refractivity contribution in [3.8, 4) is 17.2 Å². The second-order valence-electron chi connectivity index (χ2n) is 9.40. The van der Waals surface area contributed by atoms with E-state index in [4.69, 9.17) is 26.2 Å². The molecular weight excluding hydrogens is 565 g/mol. The largest absolute Gasteiger partial charge is 0.573 e. The molecule has 1 aliphatic heterocycles. The number of anilines is 2. The van der Waals surface area contributed by atoms with Crippen LogP contribution in [0.4, 0.5) is 24.5 Å². The minimum absolute atomic E-state index is 0.0469. The number of benzene rings is 3. The summed E-state index contributed by atoms with van der Waals surface area (Å²) in [6.45, 7) is 2.11. The molecule has 12 heteroatoms. The highest BCUT2D eigenvalue weighted by Crippen LogP contribution is 2.39. The number of alkyl halides is 3. The first-order chi connectivity index (χ1) is 19.4. The number of aryl methyl sites for hydroxylation is 1. The number of carboxylic acid groups (broad SMARTS) is 1. The Morgan fingerprint density at radius 2 is 1.78 bits per heavy atom. The Labute approximate surface area is 239 Å². The Morgan fingerprint density at radius 3 is 2.44 bits per heavy atom. The zero-order valence-electron chi connectivity index (χ0n) is 22.3. The molecular formula is C29H28ClF3N2O6. The van der Waals surface area contributed by atoms with E-state index >= 15 is 0 Å². The predicted octanol–water partition coefficient (Wildman–Crippen LogP) is 6.54. The summed E-state index contributed by atoms with van der Waals surface area (Å²) in [5.74, 6) is -0.901. The number of carbonyl (C=O) groups is 2. The molecule has 0 aromatic heterocycles. The van der Waals surface area contributed by atoms with Gasteiger partial charge in [-0.15, -0.1) is 13.2 Å². The molecule has 218 valence electrons. The van der Waals surface area contributed by atoms with E-state index in [0.717, 1.165) is 5.56 Å². The molecule has 41 heavy (non-hydrogen) atoms. The van der Waals surface area contributed by atoms with Crippen molar-refractivity contribution >= 4 is 34.9 Å². The number of rotatable bonds is 11. The fourth-order valence-electron chi connectivity index (χ4n) is 4.63. The molecule has 3 aromatic rings. The number of ether oxygens (including phenoxy) is 3. The van der Waals surface area contributed by atoms with Crippen molar-refractivity contribution in [3.05, 3.63) is 76.3 Å². The van der Waals surface area contributed by atoms with Gasteiger partial charge in [-0.05, 0) is 54.7 Å². The summed E-state index contributed by atoms with van der Waals surface area (Å²) in [5, 5.41) is 12.5. The Bertz CT molecular complexity index is 1410. The van der Waals surface area contributed by atoms with Gasteiger partial charge in [0.2, 0.25) is 0 Å². The third kappa shape index (κ3) is 7.75. The molecule has 0 bridgehead atoms. The number of methoxy groups -OCH3 is 1. The number of aliphatic carboxylic acids is 1. The van der Waals surface area contributed by atoms with Crippen LogP contribution in [0.5, 0.6) is 17.2 Å². The van der Waals surface area contributed by atoms with E-state index < -0.39 is 30.0 Å². The lowest BCUT2D eigenvalue weighted by Crippen LogP contribution is -2.37. The summed E-state index contributed by atoms with van der Waals surface area (Å²) in [4.78, 5) is 26.3. The molecule has 1 atom stereocenters. The molecule has 1 unspecified atom stereocenters. The fourth-order valence-corrected chi connectivity index (χ4v) is 4.76. The van der Waals surface area contributed by atoms with Crippen molar-refractivity contribution in [2.75, 3.05) is 30.5 Å². The van der Waals surface area contributed by atoms with Crippen molar-refractivity contribution in [1.29, 1.82) is 0 Å². The number of nitrogens with zero attached hydrogens (tertiary/aromatic N) is 1. The van der Waals surface area contributed by atoms with Crippen LogP contribution in [-0.2, 0) is 16.0 Å². The summed E-state index contributed by atoms with van der Waals surface area (Å²) < 4.78 is 54.1. The van der Waals surface area contributed by atoms with Crippen LogP contribution in [-0.4, -0.2) is 43.6 Å². The number of fused-ring (bicyclic) bond motifs is 1. The van der Waals surface area contributed by atoms with Gasteiger partial charge in [0.05, 0.1) is 19.4 Å². The average Bonchev–Trinajstić information content (AvgIpc) is 3.33. The molecule has 1 amide bonds. The third-order valence-electron chi connectivity index (χ3n) is 6.48. The van der Waals surface area contributed by atoms with E-state index in [1.165, 1.54) is 24.1 Å². The minimum Gasteiger partial charge on any atom is -0.497 e. The van der Waals surface area contributed by atoms with Gasteiger partial charge in [-0.3, -0.25) is 9.59 Å². The minimum atomic E-state index is -4.87. The number of carboxylic acids is 1. The van der Waals surface area contributed by atoms with E-state index in [2.05, 4.69) is 10.1 Å². The lowest BCUT2D eigenvalue weighted by molar-refractivity contribution is -0.274. The fraction of sp³-hybridized carbons (Fsp3) is 0.310. The molecule has 0 saturated carbocycles. The summed E-state index contributed by atoms with van der Waals surface area (Å²) in [7, 11) is 1.47. The van der Waals surface area contributed by atoms with Crippen LogP contribution in [0.3, 0.4) is 0 Å². The van der Waals surface area contributed by atoms with Crippen LogP contribution in [0.1, 0.15) is 35.6 Å². The summed E-state index contributed by atoms with van der Waals surface area (Å²) >= 11 is 6.09. The van der Waals surface area contributed by atoms with Crippen molar-refractivity contribution in [1.82, 2.24) is 0 Å². The van der Waals surface area contributed by atoms with E-state index in [9.17, 15) is 22.8 Å². The number of carbonyl (C=O) groups excluding carboxylic acids is 1. The Kier molecular flexibility index (Phi) is 9.17. The molecule has 4 rings (SSSR count). The Balaban J connectivity index is 1.66. The van der Waals surface area contributed by atoms with Crippen LogP contribution in [0.15, 0.2) is 54.6 Å². The number of hydrogen-bond donors (Lipinski definition) is 2. The predicted molar refractivity (Wildman–Crippen MR) is 147 cm³/mol. The highest BCUT2D eigenvalue weighted by Gasteiger charge is 2.35. The van der Waals surface area contributed by atoms with Crippen LogP contribution < -0.4 is 24.4 Å². The molecule has 2 N–H and O–H groups in total. The first-order valence-electron chi connectivity index (χ1n) is 12.7. The Morgan fingerprint density at radius 1 is 1.07 bits per heavy atom. The standard InChI is InChI=1S/C29H28ClF3N2O6/c1-17-12-23(41-29(31,32)33)16-25-24(17)9-10-35(25)28(38)27(18-5-7-19(30)8-6-18)34-20-13-21(39-2)15-22(14-20)40-11-3-4-26(36)37/h5-8,12-16,27,34H,3-4,9-11H2,1-2H3,(H,36,37). The number of amides is 1. The maximum atomic E-state index is 14.1. The molecule has 0 fully saturated rings. The van der Waals surface area contributed by atoms with Crippen LogP contribution >= 0.6 is 11.6 Å². The normalized spacial score (nSPS) is 13.4. The average molecular weight is 593 g/mol. The highest BCUT2D eigenvalue weighted by molar-refractivity contribution is 6.30. The van der Waals surface area contributed by atoms with Crippen molar-refractivity contribution in [2.24, 2.45) is 0 Å². The van der Waals surface area contributed by atoms with E-state index in [0.29, 0.717) is 51.9 Å². The van der Waals surface area contributed by atoms with Gasteiger partial charge < -0.3 is 29.5 Å². The van der Waals surface area contributed by atoms with Gasteiger partial charge in [0.15, 0.2) is 0 Å². The molecule has 1 heterocycles. The van der Waals surface area contributed by atoms with Crippen molar-refractivity contribution in [2.45, 2.75) is 38.6 Å². The topological polar surface area (TPSA) is 97.3 Å². The second kappa shape index (κ2) is 12.6. The number of hydrogen-bond acceptors (Lipinski definition) is 6. The molecule has 1 aliphatic rings. The molecule has 0 saturated heterocycles. The summed E-state index contributed by atoms with van der Waals surface area (Å²) in [6, 6.07) is 13.2. The smallest absolute Gasteiger partial charge is 0.497 e. The van der Waals surface area contributed by atoms with Gasteiger partial charge in [0.1, 0.15) is 23.3 Å². The van der Waals surface area contributed by atoms with Crippen LogP contribution in [0.2, 0.25) is 5.02 Å². The lowest BCUT2D eigenvalue weighted by atomic mass is 10.0. The molecule has 0 radical (unpaired) electrons. The first kappa shape index (κ1) is 29.9. The van der Waals surface area contributed by atoms with Crippen molar-refractivity contribution in [3.63, 3.8) is 0 Å². The zero-order valence-corrected chi connectivity index (χ0v) is 23.0. The summed E-state index contributed by atoms with van der Waals surface area (Å²) in [5.41, 5.74) is 2.74. The van der Waals surface area contributed by atoms with Gasteiger partial charge in [0, 0.05) is 47.9 Å². The Hall–Kier alpha value is -4.12. The van der Waals surface area contributed by atoms with E-state index in [1.807, 2.05) is 0 Å². The van der Waals surface area contributed by atoms with Crippen LogP contribution in [0, 0.1) is 6.92 Å². The maximum absolute atomic E-state index is 14.1. The highest BCUT2D eigenvalue weighted by atomic mass is 35.5.